The van der Waals surface area contributed by atoms with E-state index in [1.54, 1.807) is 32.3 Å². The average molecular weight is 532 g/mol. The van der Waals surface area contributed by atoms with E-state index in [2.05, 4.69) is 0 Å². The Balaban J connectivity index is 1.66. The first-order valence-corrected chi connectivity index (χ1v) is 12.4. The van der Waals surface area contributed by atoms with Crippen LogP contribution in [0.25, 0.3) is 17.9 Å². The van der Waals surface area contributed by atoms with Gasteiger partial charge in [-0.25, -0.2) is 0 Å². The second kappa shape index (κ2) is 9.11. The van der Waals surface area contributed by atoms with Crippen molar-refractivity contribution in [2.45, 2.75) is 24.5 Å². The Labute approximate surface area is 224 Å². The molecule has 202 valence electrons. The summed E-state index contributed by atoms with van der Waals surface area (Å²) in [6, 6.07) is 9.18. The lowest BCUT2D eigenvalue weighted by Gasteiger charge is -2.50. The number of aliphatic hydroxyl groups is 3. The zero-order chi connectivity index (χ0) is 28.4. The fourth-order valence-corrected chi connectivity index (χ4v) is 6.22. The van der Waals surface area contributed by atoms with Crippen molar-refractivity contribution < 1.29 is 34.8 Å². The number of phenolic OH excluding ortho intramolecular Hbond substituents is 1. The smallest absolute Gasteiger partial charge is 0.255 e. The number of nitrogens with zero attached hydrogens (tertiary/aromatic N) is 1. The maximum Gasteiger partial charge on any atom is 0.255 e. The monoisotopic (exact) mass is 531 g/mol. The average Bonchev–Trinajstić information content (AvgIpc) is 2.86. The highest BCUT2D eigenvalue weighted by Gasteiger charge is 2.64. The van der Waals surface area contributed by atoms with Crippen molar-refractivity contribution >= 4 is 41.1 Å². The first-order valence-electron chi connectivity index (χ1n) is 12.4. The number of amides is 1. The molecule has 0 saturated heterocycles. The second-order valence-corrected chi connectivity index (χ2v) is 10.5. The van der Waals surface area contributed by atoms with Crippen LogP contribution in [0.3, 0.4) is 0 Å². The molecule has 1 amide bonds. The molecule has 10 nitrogen and oxygen atoms in total. The highest BCUT2D eigenvalue weighted by Crippen LogP contribution is 2.53. The Hall–Kier alpha value is -4.41. The van der Waals surface area contributed by atoms with Crippen molar-refractivity contribution in [2.75, 3.05) is 19.8 Å². The van der Waals surface area contributed by atoms with E-state index in [9.17, 15) is 34.8 Å². The minimum absolute atomic E-state index is 0.0303. The highest BCUT2D eigenvalue weighted by atomic mass is 16.3. The molecular formula is C29H29N3O7. The number of primary amides is 1. The van der Waals surface area contributed by atoms with Gasteiger partial charge in [0.15, 0.2) is 11.4 Å². The van der Waals surface area contributed by atoms with E-state index in [1.807, 2.05) is 24.3 Å². The van der Waals surface area contributed by atoms with Crippen molar-refractivity contribution in [2.24, 2.45) is 17.6 Å². The summed E-state index contributed by atoms with van der Waals surface area (Å²) in [6.45, 7) is 0. The van der Waals surface area contributed by atoms with Gasteiger partial charge in [0.25, 0.3) is 5.91 Å². The Kier molecular flexibility index (Phi) is 6.12. The number of rotatable bonds is 4. The lowest BCUT2D eigenvalue weighted by atomic mass is 9.57. The summed E-state index contributed by atoms with van der Waals surface area (Å²) in [4.78, 5) is 40.6. The number of phenols is 1. The molecule has 0 heterocycles. The number of aromatic hydroxyl groups is 1. The van der Waals surface area contributed by atoms with Crippen LogP contribution < -0.4 is 11.5 Å². The number of likely N-dealkylation sites (N-methyl/N-ethyl adjacent to an activating group) is 1. The molecule has 2 aromatic rings. The molecule has 1 saturated carbocycles. The summed E-state index contributed by atoms with van der Waals surface area (Å²) >= 11 is 0. The van der Waals surface area contributed by atoms with Gasteiger partial charge in [0.1, 0.15) is 22.8 Å². The topological polar surface area (TPSA) is 187 Å². The third kappa shape index (κ3) is 3.83. The van der Waals surface area contributed by atoms with Crippen LogP contribution in [0.2, 0.25) is 0 Å². The molecule has 0 unspecified atom stereocenters. The number of fused-ring (bicyclic) bond motifs is 3. The summed E-state index contributed by atoms with van der Waals surface area (Å²) in [7, 11) is 3.12. The summed E-state index contributed by atoms with van der Waals surface area (Å²) in [5, 5.41) is 44.6. The van der Waals surface area contributed by atoms with Gasteiger partial charge in [0, 0.05) is 17.2 Å². The molecule has 1 fully saturated rings. The number of nitrogen functional groups attached to an aromatic ring is 1. The molecule has 8 N–H and O–H groups in total. The summed E-state index contributed by atoms with van der Waals surface area (Å²) in [6.07, 6.45) is 3.92. The van der Waals surface area contributed by atoms with Gasteiger partial charge in [-0.3, -0.25) is 19.3 Å². The van der Waals surface area contributed by atoms with E-state index in [0.29, 0.717) is 16.8 Å². The summed E-state index contributed by atoms with van der Waals surface area (Å²) in [5.41, 5.74) is 10.3. The van der Waals surface area contributed by atoms with Crippen molar-refractivity contribution in [3.05, 3.63) is 75.6 Å². The van der Waals surface area contributed by atoms with Crippen LogP contribution in [-0.4, -0.2) is 68.5 Å². The van der Waals surface area contributed by atoms with E-state index in [4.69, 9.17) is 11.5 Å². The fourth-order valence-electron chi connectivity index (χ4n) is 6.22. The fraction of sp³-hybridized carbons (Fsp3) is 0.276. The van der Waals surface area contributed by atoms with E-state index < -0.39 is 58.0 Å². The van der Waals surface area contributed by atoms with Crippen molar-refractivity contribution in [3.8, 4) is 5.75 Å². The third-order valence-electron chi connectivity index (χ3n) is 8.03. The molecule has 0 spiro atoms. The molecule has 10 heteroatoms. The second-order valence-electron chi connectivity index (χ2n) is 10.5. The van der Waals surface area contributed by atoms with Crippen LogP contribution in [0.15, 0.2) is 53.3 Å². The Morgan fingerprint density at radius 3 is 2.33 bits per heavy atom. The minimum Gasteiger partial charge on any atom is -0.508 e. The molecule has 0 radical (unpaired) electrons. The zero-order valence-corrected chi connectivity index (χ0v) is 21.4. The maximum absolute atomic E-state index is 13.9. The van der Waals surface area contributed by atoms with Crippen molar-refractivity contribution in [3.63, 3.8) is 0 Å². The van der Waals surface area contributed by atoms with Crippen LogP contribution in [-0.2, 0) is 20.8 Å². The van der Waals surface area contributed by atoms with Crippen molar-refractivity contribution in [1.82, 2.24) is 4.90 Å². The number of carbonyl (C=O) groups is 3. The largest absolute Gasteiger partial charge is 0.508 e. The summed E-state index contributed by atoms with van der Waals surface area (Å²) < 4.78 is 0. The van der Waals surface area contributed by atoms with E-state index in [0.717, 1.165) is 5.56 Å². The maximum atomic E-state index is 13.9. The Bertz CT molecular complexity index is 1520. The molecule has 0 aromatic heterocycles. The number of nitrogens with two attached hydrogens (primary N) is 2. The Morgan fingerprint density at radius 2 is 1.72 bits per heavy atom. The molecule has 2 aromatic carbocycles. The van der Waals surface area contributed by atoms with E-state index >= 15 is 0 Å². The van der Waals surface area contributed by atoms with Crippen LogP contribution in [0.5, 0.6) is 5.75 Å². The molecule has 0 aliphatic heterocycles. The van der Waals surface area contributed by atoms with E-state index in [-0.39, 0.29) is 29.7 Å². The number of benzene rings is 2. The minimum atomic E-state index is -2.66. The molecular weight excluding hydrogens is 502 g/mol. The van der Waals surface area contributed by atoms with Gasteiger partial charge < -0.3 is 31.9 Å². The Morgan fingerprint density at radius 1 is 1.05 bits per heavy atom. The number of Topliss-reactive ketones (excluding diaryl/α,β-unsaturated/α-hetero) is 2. The van der Waals surface area contributed by atoms with Gasteiger partial charge in [-0.05, 0) is 67.7 Å². The molecule has 3 aliphatic carbocycles. The normalized spacial score (nSPS) is 26.6. The molecule has 5 rings (SSSR count). The lowest BCUT2D eigenvalue weighted by molar-refractivity contribution is -0.153. The van der Waals surface area contributed by atoms with Gasteiger partial charge >= 0.3 is 0 Å². The van der Waals surface area contributed by atoms with Gasteiger partial charge in [-0.1, -0.05) is 30.4 Å². The number of aliphatic hydroxyl groups excluding tert-OH is 2. The van der Waals surface area contributed by atoms with Gasteiger partial charge in [0.2, 0.25) is 5.78 Å². The highest BCUT2D eigenvalue weighted by molar-refractivity contribution is 6.24. The molecule has 39 heavy (non-hydrogen) atoms. The number of hydrogen-bond donors (Lipinski definition) is 6. The van der Waals surface area contributed by atoms with Gasteiger partial charge in [-0.15, -0.1) is 0 Å². The zero-order valence-electron chi connectivity index (χ0n) is 21.4. The van der Waals surface area contributed by atoms with Crippen LogP contribution in [0.4, 0.5) is 5.69 Å². The SMILES string of the molecule is CN(C)[C@@H]1C(=O)C(C(N)=O)=C(O)[C@]2(O)C(=O)C3=C(O)c4c(O)ccc(/C=C/c5ccc(N)cc5)c4C[C@H]3C[C@@H]12. The molecule has 0 bridgehead atoms. The first-order chi connectivity index (χ1) is 18.4. The first kappa shape index (κ1) is 26.2. The van der Waals surface area contributed by atoms with Crippen LogP contribution in [0, 0.1) is 11.8 Å². The third-order valence-corrected chi connectivity index (χ3v) is 8.03. The number of anilines is 1. The lowest BCUT2D eigenvalue weighted by Crippen LogP contribution is -2.65. The number of hydrogen-bond acceptors (Lipinski definition) is 9. The predicted molar refractivity (Wildman–Crippen MR) is 144 cm³/mol. The number of carbonyl (C=O) groups excluding carboxylic acids is 3. The quantitative estimate of drug-likeness (QED) is 0.194. The van der Waals surface area contributed by atoms with Crippen molar-refractivity contribution in [1.29, 1.82) is 0 Å². The summed E-state index contributed by atoms with van der Waals surface area (Å²) in [5.74, 6) is -6.75. The number of ketones is 2. The van der Waals surface area contributed by atoms with Crippen LogP contribution in [0.1, 0.15) is 28.7 Å². The standard InChI is InChI=1S/C29H29N3O7/c1-32(2)23-18-12-15-11-17-14(6-3-13-4-8-16(30)9-5-13)7-10-19(33)21(17)24(34)20(15)26(36)29(18,39)27(37)22(25(23)35)28(31)38/h3-10,15,18,23,33-34,37,39H,11-12,30H2,1-2H3,(H2,31,38)/b6-3+/t15-,18-,23-,29+/m0/s1. The molecule has 4 atom stereocenters. The predicted octanol–water partition coefficient (Wildman–Crippen LogP) is 1.72. The van der Waals surface area contributed by atoms with Gasteiger partial charge in [0.05, 0.1) is 11.6 Å². The van der Waals surface area contributed by atoms with Crippen LogP contribution >= 0.6 is 0 Å². The molecule has 3 aliphatic rings. The van der Waals surface area contributed by atoms with Gasteiger partial charge in [-0.2, -0.15) is 0 Å². The van der Waals surface area contributed by atoms with E-state index in [1.165, 1.54) is 11.0 Å².